The zero-order chi connectivity index (χ0) is 14.8. The Bertz CT molecular complexity index is 470. The third-order valence-electron chi connectivity index (χ3n) is 8.04. The van der Waals surface area contributed by atoms with Crippen molar-refractivity contribution in [1.82, 2.24) is 0 Å². The van der Waals surface area contributed by atoms with Crippen LogP contribution in [0.25, 0.3) is 0 Å². The third-order valence-corrected chi connectivity index (χ3v) is 8.04. The fraction of sp³-hybridized carbons (Fsp3) is 0.895. The van der Waals surface area contributed by atoms with E-state index in [1.807, 2.05) is 0 Å². The topological polar surface area (TPSA) is 40.5 Å². The number of hydrogen-bond acceptors (Lipinski definition) is 2. The molecule has 0 radical (unpaired) electrons. The van der Waals surface area contributed by atoms with E-state index in [1.54, 1.807) is 5.57 Å². The summed E-state index contributed by atoms with van der Waals surface area (Å²) < 4.78 is 0. The van der Waals surface area contributed by atoms with Crippen molar-refractivity contribution in [2.45, 2.75) is 77.4 Å². The molecule has 3 saturated carbocycles. The lowest BCUT2D eigenvalue weighted by Gasteiger charge is -2.58. The highest BCUT2D eigenvalue weighted by atomic mass is 16.3. The Kier molecular flexibility index (Phi) is 3.11. The summed E-state index contributed by atoms with van der Waals surface area (Å²) in [6.07, 6.45) is 11.2. The maximum absolute atomic E-state index is 10.5. The summed E-state index contributed by atoms with van der Waals surface area (Å²) >= 11 is 0. The van der Waals surface area contributed by atoms with Crippen molar-refractivity contribution in [3.05, 3.63) is 11.6 Å². The molecular weight excluding hydrogens is 260 g/mol. The highest BCUT2D eigenvalue weighted by molar-refractivity contribution is 5.25. The van der Waals surface area contributed by atoms with Crippen molar-refractivity contribution in [2.24, 2.45) is 28.6 Å². The molecule has 4 rings (SSSR count). The number of aliphatic hydroxyl groups excluding tert-OH is 2. The molecule has 3 fully saturated rings. The zero-order valence-electron chi connectivity index (χ0n) is 13.5. The van der Waals surface area contributed by atoms with Crippen molar-refractivity contribution in [1.29, 1.82) is 0 Å². The molecule has 0 amide bonds. The second-order valence-corrected chi connectivity index (χ2v) is 8.77. The predicted molar refractivity (Wildman–Crippen MR) is 83.7 cm³/mol. The smallest absolute Gasteiger partial charge is 0.0724 e. The molecule has 0 aromatic carbocycles. The Morgan fingerprint density at radius 2 is 1.76 bits per heavy atom. The minimum absolute atomic E-state index is 0.0682. The van der Waals surface area contributed by atoms with Gasteiger partial charge in [-0.15, -0.1) is 0 Å². The molecule has 0 heterocycles. The zero-order valence-corrected chi connectivity index (χ0v) is 13.5. The van der Waals surface area contributed by atoms with E-state index >= 15 is 0 Å². The van der Waals surface area contributed by atoms with Gasteiger partial charge in [0.1, 0.15) is 0 Å². The standard InChI is InChI=1S/C19H30O2/c1-18-9-7-13(20)11-12(18)3-4-14-15-5-6-17(21)19(15,2)10-8-16(14)18/h11,13-17,20-21H,3-10H2,1-2H3/t13-,14-,15-,16+,17-,18+,19-/m0/s1. The van der Waals surface area contributed by atoms with Crippen LogP contribution in [0, 0.1) is 28.6 Å². The fourth-order valence-electron chi connectivity index (χ4n) is 6.68. The van der Waals surface area contributed by atoms with Gasteiger partial charge in [-0.3, -0.25) is 0 Å². The van der Waals surface area contributed by atoms with Crippen LogP contribution in [0.1, 0.15) is 65.2 Å². The van der Waals surface area contributed by atoms with E-state index in [9.17, 15) is 10.2 Å². The van der Waals surface area contributed by atoms with Crippen LogP contribution >= 0.6 is 0 Å². The van der Waals surface area contributed by atoms with Crippen molar-refractivity contribution in [2.75, 3.05) is 0 Å². The molecule has 0 bridgehead atoms. The van der Waals surface area contributed by atoms with E-state index < -0.39 is 0 Å². The lowest BCUT2D eigenvalue weighted by Crippen LogP contribution is -2.51. The average Bonchev–Trinajstić information content (AvgIpc) is 2.76. The molecule has 0 aromatic rings. The number of aliphatic hydroxyl groups is 2. The van der Waals surface area contributed by atoms with Gasteiger partial charge < -0.3 is 10.2 Å². The first kappa shape index (κ1) is 14.3. The van der Waals surface area contributed by atoms with E-state index in [-0.39, 0.29) is 17.6 Å². The molecule has 2 heteroatoms. The van der Waals surface area contributed by atoms with Crippen LogP contribution in [0.5, 0.6) is 0 Å². The maximum Gasteiger partial charge on any atom is 0.0724 e. The van der Waals surface area contributed by atoms with Crippen molar-refractivity contribution >= 4 is 0 Å². The fourth-order valence-corrected chi connectivity index (χ4v) is 6.68. The number of fused-ring (bicyclic) bond motifs is 5. The van der Waals surface area contributed by atoms with Gasteiger partial charge in [-0.05, 0) is 80.0 Å². The van der Waals surface area contributed by atoms with E-state index in [0.717, 1.165) is 37.0 Å². The van der Waals surface area contributed by atoms with Gasteiger partial charge in [0.25, 0.3) is 0 Å². The summed E-state index contributed by atoms with van der Waals surface area (Å²) in [7, 11) is 0. The molecule has 2 nitrogen and oxygen atoms in total. The van der Waals surface area contributed by atoms with Gasteiger partial charge in [0.15, 0.2) is 0 Å². The molecule has 0 aliphatic heterocycles. The molecule has 4 aliphatic carbocycles. The Morgan fingerprint density at radius 1 is 0.952 bits per heavy atom. The van der Waals surface area contributed by atoms with Crippen LogP contribution in [0.2, 0.25) is 0 Å². The Balaban J connectivity index is 1.67. The summed E-state index contributed by atoms with van der Waals surface area (Å²) in [6.45, 7) is 4.82. The van der Waals surface area contributed by atoms with Crippen LogP contribution in [0.3, 0.4) is 0 Å². The van der Waals surface area contributed by atoms with Gasteiger partial charge in [-0.1, -0.05) is 25.5 Å². The molecule has 118 valence electrons. The van der Waals surface area contributed by atoms with Crippen LogP contribution in [-0.2, 0) is 0 Å². The quantitative estimate of drug-likeness (QED) is 0.668. The molecule has 2 N–H and O–H groups in total. The van der Waals surface area contributed by atoms with Gasteiger partial charge in [0.2, 0.25) is 0 Å². The van der Waals surface area contributed by atoms with Crippen molar-refractivity contribution < 1.29 is 10.2 Å². The van der Waals surface area contributed by atoms with Gasteiger partial charge in [-0.2, -0.15) is 0 Å². The van der Waals surface area contributed by atoms with E-state index in [1.165, 1.54) is 32.1 Å². The minimum atomic E-state index is -0.202. The first-order valence-electron chi connectivity index (χ1n) is 9.02. The molecular formula is C19H30O2. The van der Waals surface area contributed by atoms with Crippen LogP contribution < -0.4 is 0 Å². The first-order valence-corrected chi connectivity index (χ1v) is 9.02. The van der Waals surface area contributed by atoms with Crippen LogP contribution in [0.4, 0.5) is 0 Å². The maximum atomic E-state index is 10.5. The Hall–Kier alpha value is -0.340. The summed E-state index contributed by atoms with van der Waals surface area (Å²) in [5.41, 5.74) is 2.06. The van der Waals surface area contributed by atoms with Gasteiger partial charge in [-0.25, -0.2) is 0 Å². The highest BCUT2D eigenvalue weighted by Crippen LogP contribution is 2.65. The van der Waals surface area contributed by atoms with E-state index in [4.69, 9.17) is 0 Å². The van der Waals surface area contributed by atoms with E-state index in [0.29, 0.717) is 5.41 Å². The van der Waals surface area contributed by atoms with Crippen LogP contribution in [-0.4, -0.2) is 22.4 Å². The second-order valence-electron chi connectivity index (χ2n) is 8.77. The number of allylic oxidation sites excluding steroid dienone is 1. The lowest BCUT2D eigenvalue weighted by atomic mass is 9.47. The summed E-state index contributed by atoms with van der Waals surface area (Å²) in [5.74, 6) is 2.32. The first-order chi connectivity index (χ1) is 9.95. The van der Waals surface area contributed by atoms with Crippen LogP contribution in [0.15, 0.2) is 11.6 Å². The highest BCUT2D eigenvalue weighted by Gasteiger charge is 2.58. The third kappa shape index (κ3) is 1.84. The predicted octanol–water partition coefficient (Wildman–Crippen LogP) is 3.67. The molecule has 0 aromatic heterocycles. The monoisotopic (exact) mass is 290 g/mol. The van der Waals surface area contributed by atoms with Crippen molar-refractivity contribution in [3.8, 4) is 0 Å². The van der Waals surface area contributed by atoms with Gasteiger partial charge >= 0.3 is 0 Å². The summed E-state index contributed by atoms with van der Waals surface area (Å²) in [5, 5.41) is 20.4. The molecule has 7 atom stereocenters. The second kappa shape index (κ2) is 4.58. The molecule has 21 heavy (non-hydrogen) atoms. The number of rotatable bonds is 0. The molecule has 0 spiro atoms. The average molecular weight is 290 g/mol. The molecule has 0 saturated heterocycles. The van der Waals surface area contributed by atoms with Gasteiger partial charge in [0.05, 0.1) is 12.2 Å². The Labute approximate surface area is 128 Å². The minimum Gasteiger partial charge on any atom is -0.393 e. The summed E-state index contributed by atoms with van der Waals surface area (Å²) in [4.78, 5) is 0. The van der Waals surface area contributed by atoms with Crippen molar-refractivity contribution in [3.63, 3.8) is 0 Å². The summed E-state index contributed by atoms with van der Waals surface area (Å²) in [6, 6.07) is 0. The SMILES string of the molecule is C[C@]12CC[C@@H]3[C@@H](CCC4=C[C@@H](O)CC[C@]43C)[C@@H]1CC[C@@H]2O. The normalized spacial score (nSPS) is 56.2. The van der Waals surface area contributed by atoms with E-state index in [2.05, 4.69) is 19.9 Å². The largest absolute Gasteiger partial charge is 0.393 e. The lowest BCUT2D eigenvalue weighted by molar-refractivity contribution is -0.0761. The van der Waals surface area contributed by atoms with Gasteiger partial charge in [0, 0.05) is 0 Å². The Morgan fingerprint density at radius 3 is 2.57 bits per heavy atom. The number of hydrogen-bond donors (Lipinski definition) is 2. The molecule has 0 unspecified atom stereocenters. The molecule has 4 aliphatic rings.